The molecule has 0 aliphatic carbocycles. The van der Waals surface area contributed by atoms with E-state index in [1.807, 2.05) is 0 Å². The maximum Gasteiger partial charge on any atom is 0.347 e. The zero-order valence-corrected chi connectivity index (χ0v) is 12.7. The van der Waals surface area contributed by atoms with Crippen LogP contribution < -0.4 is 4.72 Å². The Balaban J connectivity index is 3.30. The van der Waals surface area contributed by atoms with Crippen LogP contribution in [0, 0.1) is 6.92 Å². The SMILES string of the molecule is Cc1csc(C(=O)O)c1S(=O)(=O)NC(C)(C)C(C)O. The van der Waals surface area contributed by atoms with E-state index in [-0.39, 0.29) is 9.77 Å². The van der Waals surface area contributed by atoms with E-state index in [1.165, 1.54) is 33.1 Å². The van der Waals surface area contributed by atoms with Gasteiger partial charge in [-0.15, -0.1) is 11.3 Å². The van der Waals surface area contributed by atoms with E-state index >= 15 is 0 Å². The van der Waals surface area contributed by atoms with Gasteiger partial charge in [0, 0.05) is 0 Å². The molecule has 1 unspecified atom stereocenters. The van der Waals surface area contributed by atoms with Gasteiger partial charge in [0.15, 0.2) is 0 Å². The lowest BCUT2D eigenvalue weighted by molar-refractivity contribution is 0.0698. The van der Waals surface area contributed by atoms with Gasteiger partial charge < -0.3 is 10.2 Å². The van der Waals surface area contributed by atoms with Crippen molar-refractivity contribution in [3.05, 3.63) is 15.8 Å². The highest BCUT2D eigenvalue weighted by molar-refractivity contribution is 7.89. The van der Waals surface area contributed by atoms with Crippen LogP contribution in [0.4, 0.5) is 0 Å². The van der Waals surface area contributed by atoms with Gasteiger partial charge >= 0.3 is 5.97 Å². The van der Waals surface area contributed by atoms with Crippen molar-refractivity contribution in [3.63, 3.8) is 0 Å². The number of hydrogen-bond acceptors (Lipinski definition) is 5. The van der Waals surface area contributed by atoms with Crippen LogP contribution in [0.1, 0.15) is 36.0 Å². The number of aliphatic hydroxyl groups excluding tert-OH is 1. The molecule has 1 rings (SSSR count). The molecule has 1 aromatic heterocycles. The van der Waals surface area contributed by atoms with Gasteiger partial charge in [0.2, 0.25) is 10.0 Å². The predicted octanol–water partition coefficient (Wildman–Crippen LogP) is 1.19. The van der Waals surface area contributed by atoms with Crippen molar-refractivity contribution in [2.75, 3.05) is 0 Å². The number of nitrogens with one attached hydrogen (secondary N) is 1. The molecule has 6 nitrogen and oxygen atoms in total. The van der Waals surface area contributed by atoms with Crippen molar-refractivity contribution in [2.45, 2.75) is 44.2 Å². The molecule has 0 radical (unpaired) electrons. The second-order valence-corrected chi connectivity index (χ2v) is 7.38. The Morgan fingerprint density at radius 1 is 1.47 bits per heavy atom. The number of rotatable bonds is 5. The van der Waals surface area contributed by atoms with Crippen molar-refractivity contribution < 1.29 is 23.4 Å². The Bertz CT molecular complexity index is 586. The smallest absolute Gasteiger partial charge is 0.347 e. The van der Waals surface area contributed by atoms with E-state index in [0.717, 1.165) is 11.3 Å². The summed E-state index contributed by atoms with van der Waals surface area (Å²) in [6, 6.07) is 0. The van der Waals surface area contributed by atoms with Crippen LogP contribution in [0.25, 0.3) is 0 Å². The molecule has 0 aliphatic rings. The third-order valence-electron chi connectivity index (χ3n) is 2.82. The Morgan fingerprint density at radius 3 is 2.42 bits per heavy atom. The first kappa shape index (κ1) is 16.1. The largest absolute Gasteiger partial charge is 0.477 e. The Hall–Kier alpha value is -0.960. The minimum absolute atomic E-state index is 0.230. The van der Waals surface area contributed by atoms with Crippen LogP contribution in [0.2, 0.25) is 0 Å². The third kappa shape index (κ3) is 3.33. The van der Waals surface area contributed by atoms with Crippen LogP contribution in [0.3, 0.4) is 0 Å². The zero-order chi connectivity index (χ0) is 15.0. The predicted molar refractivity (Wildman–Crippen MR) is 72.1 cm³/mol. The number of carboxylic acid groups (broad SMARTS) is 1. The van der Waals surface area contributed by atoms with Crippen molar-refractivity contribution >= 4 is 27.3 Å². The molecule has 108 valence electrons. The maximum absolute atomic E-state index is 12.3. The maximum atomic E-state index is 12.3. The van der Waals surface area contributed by atoms with E-state index in [2.05, 4.69) is 4.72 Å². The van der Waals surface area contributed by atoms with Crippen LogP contribution in [-0.2, 0) is 10.0 Å². The van der Waals surface area contributed by atoms with Crippen molar-refractivity contribution in [1.82, 2.24) is 4.72 Å². The average Bonchev–Trinajstić information content (AvgIpc) is 2.58. The summed E-state index contributed by atoms with van der Waals surface area (Å²) in [5.74, 6) is -1.28. The van der Waals surface area contributed by atoms with Gasteiger partial charge in [0.05, 0.1) is 11.6 Å². The summed E-state index contributed by atoms with van der Waals surface area (Å²) < 4.78 is 26.9. The van der Waals surface area contributed by atoms with Crippen LogP contribution in [0.5, 0.6) is 0 Å². The fourth-order valence-electron chi connectivity index (χ4n) is 1.40. The fourth-order valence-corrected chi connectivity index (χ4v) is 4.51. The summed E-state index contributed by atoms with van der Waals surface area (Å²) in [4.78, 5) is 10.6. The van der Waals surface area contributed by atoms with E-state index in [4.69, 9.17) is 5.11 Å². The van der Waals surface area contributed by atoms with Gasteiger partial charge in [-0.3, -0.25) is 0 Å². The van der Waals surface area contributed by atoms with E-state index in [9.17, 15) is 18.3 Å². The molecule has 0 bridgehead atoms. The summed E-state index contributed by atoms with van der Waals surface area (Å²) in [6.45, 7) is 6.04. The van der Waals surface area contributed by atoms with Gasteiger partial charge in [0.1, 0.15) is 9.77 Å². The summed E-state index contributed by atoms with van der Waals surface area (Å²) in [6.07, 6.45) is -0.922. The molecular formula is C11H17NO5S2. The highest BCUT2D eigenvalue weighted by Gasteiger charge is 2.34. The van der Waals surface area contributed by atoms with Gasteiger partial charge in [-0.1, -0.05) is 0 Å². The molecule has 1 atom stereocenters. The average molecular weight is 307 g/mol. The Morgan fingerprint density at radius 2 is 2.00 bits per heavy atom. The first-order valence-corrected chi connectivity index (χ1v) is 7.88. The lowest BCUT2D eigenvalue weighted by Gasteiger charge is -2.29. The van der Waals surface area contributed by atoms with E-state index < -0.39 is 27.6 Å². The quantitative estimate of drug-likeness (QED) is 0.758. The van der Waals surface area contributed by atoms with Gasteiger partial charge in [-0.25, -0.2) is 17.9 Å². The lowest BCUT2D eigenvalue weighted by Crippen LogP contribution is -2.51. The first-order valence-electron chi connectivity index (χ1n) is 5.52. The molecule has 19 heavy (non-hydrogen) atoms. The molecule has 0 saturated heterocycles. The number of sulfonamides is 1. The normalized spacial score (nSPS) is 14.4. The minimum atomic E-state index is -4.01. The van der Waals surface area contributed by atoms with Crippen LogP contribution in [-0.4, -0.2) is 36.2 Å². The monoisotopic (exact) mass is 307 g/mol. The molecule has 0 aromatic carbocycles. The Labute approximate surface area is 116 Å². The van der Waals surface area contributed by atoms with Crippen LogP contribution >= 0.6 is 11.3 Å². The molecule has 3 N–H and O–H groups in total. The molecule has 0 saturated carbocycles. The number of aliphatic hydroxyl groups is 1. The van der Waals surface area contributed by atoms with Gasteiger partial charge in [0.25, 0.3) is 0 Å². The van der Waals surface area contributed by atoms with E-state index in [1.54, 1.807) is 0 Å². The van der Waals surface area contributed by atoms with Crippen molar-refractivity contribution in [1.29, 1.82) is 0 Å². The lowest BCUT2D eigenvalue weighted by atomic mass is 10.0. The van der Waals surface area contributed by atoms with Crippen molar-refractivity contribution in [3.8, 4) is 0 Å². The van der Waals surface area contributed by atoms with E-state index in [0.29, 0.717) is 5.56 Å². The highest BCUT2D eigenvalue weighted by atomic mass is 32.2. The fraction of sp³-hybridized carbons (Fsp3) is 0.545. The first-order chi connectivity index (χ1) is 8.49. The second kappa shape index (κ2) is 5.20. The molecular weight excluding hydrogens is 290 g/mol. The number of carbonyl (C=O) groups is 1. The van der Waals surface area contributed by atoms with Gasteiger partial charge in [-0.05, 0) is 38.6 Å². The van der Waals surface area contributed by atoms with Crippen molar-refractivity contribution in [2.24, 2.45) is 0 Å². The molecule has 8 heteroatoms. The highest BCUT2D eigenvalue weighted by Crippen LogP contribution is 2.28. The summed E-state index contributed by atoms with van der Waals surface area (Å²) in [5.41, 5.74) is -0.723. The molecule has 0 aliphatic heterocycles. The second-order valence-electron chi connectivity index (χ2n) is 4.89. The summed E-state index contributed by atoms with van der Waals surface area (Å²) in [7, 11) is -4.01. The zero-order valence-electron chi connectivity index (χ0n) is 11.1. The molecule has 0 fully saturated rings. The summed E-state index contributed by atoms with van der Waals surface area (Å²) >= 11 is 0.864. The number of hydrogen-bond donors (Lipinski definition) is 3. The molecule has 0 amide bonds. The summed E-state index contributed by atoms with van der Waals surface area (Å²) in [5, 5.41) is 20.0. The van der Waals surface area contributed by atoms with Gasteiger partial charge in [-0.2, -0.15) is 0 Å². The topological polar surface area (TPSA) is 104 Å². The molecule has 1 heterocycles. The number of thiophene rings is 1. The Kier molecular flexibility index (Phi) is 4.40. The number of aryl methyl sites for hydroxylation is 1. The van der Waals surface area contributed by atoms with Crippen LogP contribution in [0.15, 0.2) is 10.3 Å². The standard InChI is InChI=1S/C11H17NO5S2/c1-6-5-18-8(10(14)15)9(6)19(16,17)12-11(3,4)7(2)13/h5,7,12-13H,1-4H3,(H,14,15). The number of aromatic carboxylic acids is 1. The minimum Gasteiger partial charge on any atom is -0.477 e. The molecule has 1 aromatic rings. The third-order valence-corrected chi connectivity index (χ3v) is 5.90. The molecule has 0 spiro atoms. The number of carboxylic acids is 1.